The standard InChI is InChI=1S/C14H15F4NO3.ClH/c15-9-1-3-10(4-2-9)22-6-5-19-7-11(13(20)21)12(8-19)14(16,17)18;/h1-4,11-12H,5-8H2,(H,20,21);1H/t11-,12-;/m1./s1. The Hall–Kier alpha value is -1.54. The third-order valence-electron chi connectivity index (χ3n) is 3.62. The molecule has 1 aromatic carbocycles. The molecule has 0 radical (unpaired) electrons. The second-order valence-corrected chi connectivity index (χ2v) is 5.15. The van der Waals surface area contributed by atoms with Gasteiger partial charge in [0.1, 0.15) is 18.2 Å². The van der Waals surface area contributed by atoms with Gasteiger partial charge in [0.25, 0.3) is 0 Å². The molecule has 2 atom stereocenters. The molecule has 0 bridgehead atoms. The molecule has 0 aromatic heterocycles. The van der Waals surface area contributed by atoms with E-state index in [1.54, 1.807) is 0 Å². The van der Waals surface area contributed by atoms with Gasteiger partial charge in [-0.05, 0) is 24.3 Å². The summed E-state index contributed by atoms with van der Waals surface area (Å²) < 4.78 is 56.4. The van der Waals surface area contributed by atoms with Crippen LogP contribution in [0.5, 0.6) is 5.75 Å². The van der Waals surface area contributed by atoms with Crippen molar-refractivity contribution in [3.05, 3.63) is 30.1 Å². The number of rotatable bonds is 5. The van der Waals surface area contributed by atoms with Crippen LogP contribution in [0.3, 0.4) is 0 Å². The average molecular weight is 358 g/mol. The number of carboxylic acids is 1. The minimum atomic E-state index is -4.53. The summed E-state index contributed by atoms with van der Waals surface area (Å²) in [6, 6.07) is 5.26. The largest absolute Gasteiger partial charge is 0.492 e. The predicted octanol–water partition coefficient (Wildman–Crippen LogP) is 2.82. The number of carboxylic acid groups (broad SMARTS) is 1. The van der Waals surface area contributed by atoms with Gasteiger partial charge in [-0.1, -0.05) is 0 Å². The van der Waals surface area contributed by atoms with E-state index in [1.807, 2.05) is 0 Å². The summed E-state index contributed by atoms with van der Waals surface area (Å²) in [5, 5.41) is 8.90. The van der Waals surface area contributed by atoms with Gasteiger partial charge in [-0.15, -0.1) is 12.4 Å². The Morgan fingerprint density at radius 3 is 2.35 bits per heavy atom. The van der Waals surface area contributed by atoms with E-state index in [2.05, 4.69) is 0 Å². The molecule has 0 saturated carbocycles. The number of hydrogen-bond acceptors (Lipinski definition) is 3. The molecule has 0 unspecified atom stereocenters. The number of halogens is 5. The van der Waals surface area contributed by atoms with Gasteiger partial charge in [0.05, 0.1) is 11.8 Å². The lowest BCUT2D eigenvalue weighted by molar-refractivity contribution is -0.188. The van der Waals surface area contributed by atoms with Gasteiger partial charge in [0.15, 0.2) is 0 Å². The fraction of sp³-hybridized carbons (Fsp3) is 0.500. The van der Waals surface area contributed by atoms with Crippen LogP contribution in [0, 0.1) is 17.7 Å². The third-order valence-corrected chi connectivity index (χ3v) is 3.62. The summed E-state index contributed by atoms with van der Waals surface area (Å²) in [6.45, 7) is -0.240. The van der Waals surface area contributed by atoms with Crippen molar-refractivity contribution in [1.29, 1.82) is 0 Å². The van der Waals surface area contributed by atoms with Crippen LogP contribution >= 0.6 is 12.4 Å². The highest BCUT2D eigenvalue weighted by atomic mass is 35.5. The lowest BCUT2D eigenvalue weighted by atomic mass is 9.96. The maximum absolute atomic E-state index is 12.8. The SMILES string of the molecule is Cl.O=C(O)[C@@H]1CN(CCOc2ccc(F)cc2)C[C@H]1C(F)(F)F. The highest BCUT2D eigenvalue weighted by Crippen LogP contribution is 2.37. The Balaban J connectivity index is 0.00000264. The van der Waals surface area contributed by atoms with E-state index in [1.165, 1.54) is 29.2 Å². The minimum Gasteiger partial charge on any atom is -0.492 e. The summed E-state index contributed by atoms with van der Waals surface area (Å²) in [4.78, 5) is 12.4. The van der Waals surface area contributed by atoms with Crippen molar-refractivity contribution in [3.63, 3.8) is 0 Å². The van der Waals surface area contributed by atoms with Crippen LogP contribution < -0.4 is 4.74 Å². The molecule has 1 N–H and O–H groups in total. The third kappa shape index (κ3) is 5.24. The van der Waals surface area contributed by atoms with Gasteiger partial charge in [-0.3, -0.25) is 9.69 Å². The zero-order valence-electron chi connectivity index (χ0n) is 11.9. The second kappa shape index (κ2) is 7.83. The lowest BCUT2D eigenvalue weighted by Gasteiger charge is -2.18. The highest BCUT2D eigenvalue weighted by molar-refractivity contribution is 5.85. The molecular formula is C14H16ClF4NO3. The zero-order chi connectivity index (χ0) is 16.3. The van der Waals surface area contributed by atoms with Crippen molar-refractivity contribution >= 4 is 18.4 Å². The smallest absolute Gasteiger partial charge is 0.393 e. The number of carbonyl (C=O) groups is 1. The predicted molar refractivity (Wildman–Crippen MR) is 76.3 cm³/mol. The summed E-state index contributed by atoms with van der Waals surface area (Å²) in [6.07, 6.45) is -4.53. The molecule has 2 rings (SSSR count). The maximum Gasteiger partial charge on any atom is 0.393 e. The fourth-order valence-corrected chi connectivity index (χ4v) is 2.47. The molecule has 1 heterocycles. The molecule has 0 aliphatic carbocycles. The Labute approximate surface area is 136 Å². The first-order valence-electron chi connectivity index (χ1n) is 6.67. The van der Waals surface area contributed by atoms with Crippen LogP contribution in [0.2, 0.25) is 0 Å². The fourth-order valence-electron chi connectivity index (χ4n) is 2.47. The van der Waals surface area contributed by atoms with E-state index in [0.717, 1.165) is 0 Å². The van der Waals surface area contributed by atoms with E-state index in [9.17, 15) is 22.4 Å². The summed E-state index contributed by atoms with van der Waals surface area (Å²) >= 11 is 0. The van der Waals surface area contributed by atoms with E-state index in [0.29, 0.717) is 5.75 Å². The maximum atomic E-state index is 12.8. The molecule has 23 heavy (non-hydrogen) atoms. The van der Waals surface area contributed by atoms with Crippen LogP contribution in [-0.2, 0) is 4.79 Å². The van der Waals surface area contributed by atoms with E-state index in [4.69, 9.17) is 9.84 Å². The van der Waals surface area contributed by atoms with Crippen molar-refractivity contribution < 1.29 is 32.2 Å². The molecule has 1 aliphatic heterocycles. The van der Waals surface area contributed by atoms with Crippen molar-refractivity contribution in [2.24, 2.45) is 11.8 Å². The molecular weight excluding hydrogens is 342 g/mol. The topological polar surface area (TPSA) is 49.8 Å². The first-order valence-corrected chi connectivity index (χ1v) is 6.67. The number of nitrogens with zero attached hydrogens (tertiary/aromatic N) is 1. The van der Waals surface area contributed by atoms with Gasteiger partial charge in [0, 0.05) is 19.6 Å². The summed E-state index contributed by atoms with van der Waals surface area (Å²) in [5.41, 5.74) is 0. The quantitative estimate of drug-likeness (QED) is 0.823. The zero-order valence-corrected chi connectivity index (χ0v) is 12.7. The number of likely N-dealkylation sites (tertiary alicyclic amines) is 1. The Bertz CT molecular complexity index is 524. The van der Waals surface area contributed by atoms with E-state index in [-0.39, 0.29) is 38.6 Å². The first kappa shape index (κ1) is 19.5. The highest BCUT2D eigenvalue weighted by Gasteiger charge is 2.52. The van der Waals surface area contributed by atoms with Crippen molar-refractivity contribution in [2.75, 3.05) is 26.2 Å². The van der Waals surface area contributed by atoms with Gasteiger partial charge >= 0.3 is 12.1 Å². The average Bonchev–Trinajstić information content (AvgIpc) is 2.85. The van der Waals surface area contributed by atoms with Gasteiger partial charge in [-0.25, -0.2) is 4.39 Å². The Morgan fingerprint density at radius 1 is 1.26 bits per heavy atom. The molecule has 1 fully saturated rings. The molecule has 1 saturated heterocycles. The monoisotopic (exact) mass is 357 g/mol. The number of ether oxygens (including phenoxy) is 1. The van der Waals surface area contributed by atoms with E-state index >= 15 is 0 Å². The van der Waals surface area contributed by atoms with Crippen molar-refractivity contribution in [2.45, 2.75) is 6.18 Å². The van der Waals surface area contributed by atoms with Gasteiger partial charge in [-0.2, -0.15) is 13.2 Å². The lowest BCUT2D eigenvalue weighted by Crippen LogP contribution is -2.33. The van der Waals surface area contributed by atoms with E-state index < -0.39 is 29.8 Å². The summed E-state index contributed by atoms with van der Waals surface area (Å²) in [7, 11) is 0. The molecule has 0 amide bonds. The van der Waals surface area contributed by atoms with Crippen LogP contribution in [0.4, 0.5) is 17.6 Å². The van der Waals surface area contributed by atoms with Crippen LogP contribution in [0.1, 0.15) is 0 Å². The van der Waals surface area contributed by atoms with Crippen molar-refractivity contribution in [1.82, 2.24) is 4.90 Å². The van der Waals surface area contributed by atoms with Crippen molar-refractivity contribution in [3.8, 4) is 5.75 Å². The second-order valence-electron chi connectivity index (χ2n) is 5.15. The minimum absolute atomic E-state index is 0. The normalized spacial score (nSPS) is 21.7. The Kier molecular flexibility index (Phi) is 6.64. The van der Waals surface area contributed by atoms with Gasteiger partial charge < -0.3 is 9.84 Å². The molecule has 1 aromatic rings. The number of aliphatic carboxylic acids is 1. The van der Waals surface area contributed by atoms with Crippen LogP contribution in [-0.4, -0.2) is 48.4 Å². The van der Waals surface area contributed by atoms with Crippen LogP contribution in [0.15, 0.2) is 24.3 Å². The van der Waals surface area contributed by atoms with Gasteiger partial charge in [0.2, 0.25) is 0 Å². The summed E-state index contributed by atoms with van der Waals surface area (Å²) in [5.74, 6) is -4.77. The number of alkyl halides is 3. The molecule has 130 valence electrons. The molecule has 1 aliphatic rings. The molecule has 9 heteroatoms. The molecule has 4 nitrogen and oxygen atoms in total. The first-order chi connectivity index (χ1) is 10.3. The molecule has 0 spiro atoms. The number of benzene rings is 1. The van der Waals surface area contributed by atoms with Crippen LogP contribution in [0.25, 0.3) is 0 Å². The number of hydrogen-bond donors (Lipinski definition) is 1. The Morgan fingerprint density at radius 2 is 1.87 bits per heavy atom.